The first-order valence-corrected chi connectivity index (χ1v) is 6.52. The lowest BCUT2D eigenvalue weighted by atomic mass is 10.2. The molecule has 2 N–H and O–H groups in total. The van der Waals surface area contributed by atoms with Crippen LogP contribution < -0.4 is 14.8 Å². The third kappa shape index (κ3) is 2.98. The molecule has 1 aromatic carbocycles. The fourth-order valence-corrected chi connectivity index (χ4v) is 1.89. The zero-order chi connectivity index (χ0) is 13.8. The number of nitrogens with zero attached hydrogens (tertiary/aromatic N) is 1. The maximum atomic E-state index is 5.28. The molecule has 0 aliphatic rings. The van der Waals surface area contributed by atoms with Gasteiger partial charge in [-0.1, -0.05) is 6.92 Å². The lowest BCUT2D eigenvalue weighted by Crippen LogP contribution is -2.24. The Kier molecular flexibility index (Phi) is 4.27. The highest BCUT2D eigenvalue weighted by molar-refractivity contribution is 5.79. The summed E-state index contributed by atoms with van der Waals surface area (Å²) >= 11 is 0. The van der Waals surface area contributed by atoms with Crippen LogP contribution in [0.4, 0.5) is 0 Å². The normalized spacial score (nSPS) is 12.6. The van der Waals surface area contributed by atoms with E-state index in [-0.39, 0.29) is 0 Å². The van der Waals surface area contributed by atoms with Crippen molar-refractivity contribution >= 4 is 11.0 Å². The van der Waals surface area contributed by atoms with Crippen LogP contribution in [-0.2, 0) is 6.54 Å². The van der Waals surface area contributed by atoms with E-state index in [4.69, 9.17) is 9.47 Å². The van der Waals surface area contributed by atoms with E-state index in [0.717, 1.165) is 29.8 Å². The number of ether oxygens (including phenoxy) is 2. The number of imidazole rings is 1. The standard InChI is InChI=1S/C14H21N3O2/c1-5-9(2)15-8-14-16-10-6-12(18-3)13(19-4)7-11(10)17-14/h6-7,9,15H,5,8H2,1-4H3,(H,16,17). The van der Waals surface area contributed by atoms with Crippen LogP contribution in [0.5, 0.6) is 11.5 Å². The summed E-state index contributed by atoms with van der Waals surface area (Å²) in [6, 6.07) is 4.28. The van der Waals surface area contributed by atoms with E-state index in [1.807, 2.05) is 12.1 Å². The number of H-pyrrole nitrogens is 1. The smallest absolute Gasteiger partial charge is 0.163 e. The summed E-state index contributed by atoms with van der Waals surface area (Å²) in [6.45, 7) is 5.05. The van der Waals surface area contributed by atoms with Gasteiger partial charge in [0.15, 0.2) is 11.5 Å². The van der Waals surface area contributed by atoms with Crippen LogP contribution >= 0.6 is 0 Å². The average molecular weight is 263 g/mol. The minimum absolute atomic E-state index is 0.484. The van der Waals surface area contributed by atoms with Gasteiger partial charge in [0, 0.05) is 18.2 Å². The van der Waals surface area contributed by atoms with Gasteiger partial charge in [0.2, 0.25) is 0 Å². The molecule has 0 radical (unpaired) electrons. The minimum Gasteiger partial charge on any atom is -0.493 e. The molecule has 0 aliphatic carbocycles. The highest BCUT2D eigenvalue weighted by atomic mass is 16.5. The van der Waals surface area contributed by atoms with Crippen LogP contribution in [0.25, 0.3) is 11.0 Å². The summed E-state index contributed by atoms with van der Waals surface area (Å²) < 4.78 is 10.6. The summed E-state index contributed by atoms with van der Waals surface area (Å²) in [5.74, 6) is 2.33. The summed E-state index contributed by atoms with van der Waals surface area (Å²) in [4.78, 5) is 7.84. The molecule has 0 saturated heterocycles. The van der Waals surface area contributed by atoms with Crippen LogP contribution in [0.2, 0.25) is 0 Å². The van der Waals surface area contributed by atoms with Gasteiger partial charge in [0.05, 0.1) is 31.8 Å². The molecule has 5 nitrogen and oxygen atoms in total. The fourth-order valence-electron chi connectivity index (χ4n) is 1.89. The molecule has 0 fully saturated rings. The van der Waals surface area contributed by atoms with Crippen molar-refractivity contribution in [2.75, 3.05) is 14.2 Å². The molecular formula is C14H21N3O2. The van der Waals surface area contributed by atoms with Crippen molar-refractivity contribution in [2.45, 2.75) is 32.9 Å². The second kappa shape index (κ2) is 5.93. The van der Waals surface area contributed by atoms with Crippen molar-refractivity contribution in [2.24, 2.45) is 0 Å². The van der Waals surface area contributed by atoms with Gasteiger partial charge < -0.3 is 19.8 Å². The zero-order valence-corrected chi connectivity index (χ0v) is 11.9. The van der Waals surface area contributed by atoms with Gasteiger partial charge in [-0.15, -0.1) is 0 Å². The number of fused-ring (bicyclic) bond motifs is 1. The highest BCUT2D eigenvalue weighted by Crippen LogP contribution is 2.30. The van der Waals surface area contributed by atoms with Crippen LogP contribution in [0, 0.1) is 0 Å². The average Bonchev–Trinajstić information content (AvgIpc) is 2.84. The van der Waals surface area contributed by atoms with Crippen LogP contribution in [0.3, 0.4) is 0 Å². The van der Waals surface area contributed by atoms with Gasteiger partial charge in [-0.2, -0.15) is 0 Å². The molecule has 2 rings (SSSR count). The van der Waals surface area contributed by atoms with E-state index in [1.165, 1.54) is 0 Å². The Bertz CT molecular complexity index is 510. The molecule has 5 heteroatoms. The van der Waals surface area contributed by atoms with Gasteiger partial charge in [0.1, 0.15) is 5.82 Å². The van der Waals surface area contributed by atoms with E-state index in [2.05, 4.69) is 29.1 Å². The van der Waals surface area contributed by atoms with Crippen molar-refractivity contribution in [1.82, 2.24) is 15.3 Å². The first-order valence-electron chi connectivity index (χ1n) is 6.52. The number of aromatic amines is 1. The third-order valence-electron chi connectivity index (χ3n) is 3.27. The van der Waals surface area contributed by atoms with Crippen molar-refractivity contribution in [1.29, 1.82) is 0 Å². The largest absolute Gasteiger partial charge is 0.493 e. The van der Waals surface area contributed by atoms with Crippen molar-refractivity contribution < 1.29 is 9.47 Å². The first kappa shape index (κ1) is 13.7. The van der Waals surface area contributed by atoms with Crippen molar-refractivity contribution in [3.05, 3.63) is 18.0 Å². The number of hydrogen-bond acceptors (Lipinski definition) is 4. The lowest BCUT2D eigenvalue weighted by Gasteiger charge is -2.08. The zero-order valence-electron chi connectivity index (χ0n) is 11.9. The Labute approximate surface area is 113 Å². The van der Waals surface area contributed by atoms with Crippen LogP contribution in [-0.4, -0.2) is 30.2 Å². The van der Waals surface area contributed by atoms with E-state index in [9.17, 15) is 0 Å². The monoisotopic (exact) mass is 263 g/mol. The molecule has 1 atom stereocenters. The van der Waals surface area contributed by atoms with Crippen LogP contribution in [0.1, 0.15) is 26.1 Å². The number of aromatic nitrogens is 2. The Morgan fingerprint density at radius 1 is 1.26 bits per heavy atom. The summed E-state index contributed by atoms with van der Waals surface area (Å²) in [5.41, 5.74) is 1.84. The summed E-state index contributed by atoms with van der Waals surface area (Å²) in [6.07, 6.45) is 1.10. The van der Waals surface area contributed by atoms with Gasteiger partial charge in [0.25, 0.3) is 0 Å². The molecule has 0 spiro atoms. The van der Waals surface area contributed by atoms with Gasteiger partial charge in [-0.25, -0.2) is 4.98 Å². The molecule has 1 unspecified atom stereocenters. The van der Waals surface area contributed by atoms with E-state index in [0.29, 0.717) is 17.5 Å². The van der Waals surface area contributed by atoms with Gasteiger partial charge in [-0.05, 0) is 13.3 Å². The molecule has 19 heavy (non-hydrogen) atoms. The number of rotatable bonds is 6. The molecule has 0 aliphatic heterocycles. The Morgan fingerprint density at radius 3 is 2.58 bits per heavy atom. The number of benzene rings is 1. The second-order valence-corrected chi connectivity index (χ2v) is 4.60. The van der Waals surface area contributed by atoms with Crippen molar-refractivity contribution in [3.63, 3.8) is 0 Å². The third-order valence-corrected chi connectivity index (χ3v) is 3.27. The lowest BCUT2D eigenvalue weighted by molar-refractivity contribution is 0.356. The van der Waals surface area contributed by atoms with E-state index in [1.54, 1.807) is 14.2 Å². The minimum atomic E-state index is 0.484. The number of nitrogens with one attached hydrogen (secondary N) is 2. The quantitative estimate of drug-likeness (QED) is 0.840. The molecule has 0 saturated carbocycles. The topological polar surface area (TPSA) is 59.2 Å². The molecule has 104 valence electrons. The molecule has 0 amide bonds. The Balaban J connectivity index is 2.24. The van der Waals surface area contributed by atoms with Crippen LogP contribution in [0.15, 0.2) is 12.1 Å². The van der Waals surface area contributed by atoms with E-state index >= 15 is 0 Å². The predicted molar refractivity (Wildman–Crippen MR) is 75.8 cm³/mol. The van der Waals surface area contributed by atoms with Gasteiger partial charge >= 0.3 is 0 Å². The first-order chi connectivity index (χ1) is 9.17. The van der Waals surface area contributed by atoms with Gasteiger partial charge in [-0.3, -0.25) is 0 Å². The fraction of sp³-hybridized carbons (Fsp3) is 0.500. The Hall–Kier alpha value is -1.75. The molecular weight excluding hydrogens is 242 g/mol. The summed E-state index contributed by atoms with van der Waals surface area (Å²) in [5, 5.41) is 3.41. The second-order valence-electron chi connectivity index (χ2n) is 4.60. The SMILES string of the molecule is CCC(C)NCc1nc2cc(OC)c(OC)cc2[nH]1. The van der Waals surface area contributed by atoms with E-state index < -0.39 is 0 Å². The maximum absolute atomic E-state index is 5.28. The Morgan fingerprint density at radius 2 is 1.95 bits per heavy atom. The van der Waals surface area contributed by atoms with Crippen molar-refractivity contribution in [3.8, 4) is 11.5 Å². The number of hydrogen-bond donors (Lipinski definition) is 2. The molecule has 1 heterocycles. The number of methoxy groups -OCH3 is 2. The molecule has 2 aromatic rings. The highest BCUT2D eigenvalue weighted by Gasteiger charge is 2.10. The molecule has 0 bridgehead atoms. The molecule has 1 aromatic heterocycles. The predicted octanol–water partition coefficient (Wildman–Crippen LogP) is 2.47. The maximum Gasteiger partial charge on any atom is 0.163 e. The summed E-state index contributed by atoms with van der Waals surface area (Å²) in [7, 11) is 3.26.